The highest BCUT2D eigenvalue weighted by atomic mass is 127. The van der Waals surface area contributed by atoms with Gasteiger partial charge in [0.2, 0.25) is 5.91 Å². The minimum absolute atomic E-state index is 0.103. The predicted octanol–water partition coefficient (Wildman–Crippen LogP) is 2.03. The molecule has 0 fully saturated rings. The molecule has 0 aromatic carbocycles. The van der Waals surface area contributed by atoms with Crippen LogP contribution in [0.4, 0.5) is 0 Å². The van der Waals surface area contributed by atoms with E-state index >= 15 is 0 Å². The lowest BCUT2D eigenvalue weighted by Gasteiger charge is -1.92. The molecule has 0 spiro atoms. The highest BCUT2D eigenvalue weighted by Crippen LogP contribution is 2.10. The molecule has 1 aromatic heterocycles. The molecular formula is C9H10INO2. The zero-order chi connectivity index (χ0) is 9.68. The van der Waals surface area contributed by atoms with Gasteiger partial charge in [-0.3, -0.25) is 4.79 Å². The molecule has 1 aromatic rings. The molecule has 0 saturated carbocycles. The molecule has 0 aliphatic rings. The van der Waals surface area contributed by atoms with Crippen LogP contribution in [0.25, 0.3) is 6.08 Å². The second-order valence-corrected chi connectivity index (χ2v) is 3.43. The molecule has 1 N–H and O–H groups in total. The lowest BCUT2D eigenvalue weighted by Crippen LogP contribution is -2.19. The van der Waals surface area contributed by atoms with Crippen molar-refractivity contribution < 1.29 is 9.21 Å². The van der Waals surface area contributed by atoms with Crippen molar-refractivity contribution in [2.24, 2.45) is 0 Å². The molecule has 1 heterocycles. The van der Waals surface area contributed by atoms with Crippen LogP contribution in [0.15, 0.2) is 22.6 Å². The number of hydrogen-bond donors (Lipinski definition) is 1. The molecule has 13 heavy (non-hydrogen) atoms. The third kappa shape index (κ3) is 3.63. The number of likely N-dealkylation sites (N-methyl/N-ethyl adjacent to an activating group) is 1. The van der Waals surface area contributed by atoms with Crippen LogP contribution in [0.5, 0.6) is 0 Å². The summed E-state index contributed by atoms with van der Waals surface area (Å²) in [5.74, 6) is 0.588. The van der Waals surface area contributed by atoms with E-state index < -0.39 is 0 Å². The van der Waals surface area contributed by atoms with Gasteiger partial charge >= 0.3 is 0 Å². The largest absolute Gasteiger partial charge is 0.451 e. The van der Waals surface area contributed by atoms with Crippen LogP contribution in [0.1, 0.15) is 12.7 Å². The number of furan rings is 1. The molecular weight excluding hydrogens is 281 g/mol. The first-order valence-corrected chi connectivity index (χ1v) is 5.01. The average Bonchev–Trinajstić information content (AvgIpc) is 2.49. The van der Waals surface area contributed by atoms with Gasteiger partial charge in [-0.1, -0.05) is 0 Å². The standard InChI is InChI=1S/C9H10INO2/c1-2-11-9(12)6-4-7-3-5-8(10)13-7/h3-6H,2H2,1H3,(H,11,12). The van der Waals surface area contributed by atoms with Gasteiger partial charge in [0.1, 0.15) is 5.76 Å². The van der Waals surface area contributed by atoms with Crippen LogP contribution in [0.2, 0.25) is 0 Å². The van der Waals surface area contributed by atoms with Crippen LogP contribution < -0.4 is 5.32 Å². The Labute approximate surface area is 90.3 Å². The van der Waals surface area contributed by atoms with Crippen molar-refractivity contribution >= 4 is 34.6 Å². The van der Waals surface area contributed by atoms with E-state index in [9.17, 15) is 4.79 Å². The average molecular weight is 291 g/mol. The number of rotatable bonds is 3. The van der Waals surface area contributed by atoms with Crippen molar-refractivity contribution in [1.82, 2.24) is 5.32 Å². The quantitative estimate of drug-likeness (QED) is 0.684. The van der Waals surface area contributed by atoms with E-state index in [1.807, 2.05) is 19.1 Å². The second-order valence-electron chi connectivity index (χ2n) is 2.37. The van der Waals surface area contributed by atoms with Gasteiger partial charge in [0.05, 0.1) is 0 Å². The van der Waals surface area contributed by atoms with Crippen LogP contribution in [0.3, 0.4) is 0 Å². The van der Waals surface area contributed by atoms with Gasteiger partial charge < -0.3 is 9.73 Å². The summed E-state index contributed by atoms with van der Waals surface area (Å²) in [5.41, 5.74) is 0. The predicted molar refractivity (Wildman–Crippen MR) is 59.1 cm³/mol. The van der Waals surface area contributed by atoms with Gasteiger partial charge in [-0.15, -0.1) is 0 Å². The van der Waals surface area contributed by atoms with Crippen molar-refractivity contribution in [3.63, 3.8) is 0 Å². The van der Waals surface area contributed by atoms with Crippen LogP contribution in [-0.2, 0) is 4.79 Å². The molecule has 0 bridgehead atoms. The molecule has 0 radical (unpaired) electrons. The van der Waals surface area contributed by atoms with Crippen molar-refractivity contribution in [2.45, 2.75) is 6.92 Å². The number of amides is 1. The van der Waals surface area contributed by atoms with E-state index in [0.29, 0.717) is 12.3 Å². The normalized spacial score (nSPS) is 10.6. The maximum Gasteiger partial charge on any atom is 0.244 e. The summed E-state index contributed by atoms with van der Waals surface area (Å²) < 4.78 is 6.04. The molecule has 0 atom stereocenters. The Morgan fingerprint density at radius 2 is 2.46 bits per heavy atom. The summed E-state index contributed by atoms with van der Waals surface area (Å²) in [4.78, 5) is 11.0. The Balaban J connectivity index is 2.53. The molecule has 3 nitrogen and oxygen atoms in total. The summed E-state index contributed by atoms with van der Waals surface area (Å²) in [6.45, 7) is 2.51. The summed E-state index contributed by atoms with van der Waals surface area (Å²) >= 11 is 2.07. The fraction of sp³-hybridized carbons (Fsp3) is 0.222. The number of halogens is 1. The third-order valence-corrected chi connectivity index (χ3v) is 1.92. The molecule has 0 aliphatic heterocycles. The van der Waals surface area contributed by atoms with Gasteiger partial charge in [0, 0.05) is 12.6 Å². The molecule has 0 unspecified atom stereocenters. The molecule has 1 amide bonds. The van der Waals surface area contributed by atoms with E-state index in [4.69, 9.17) is 4.42 Å². The van der Waals surface area contributed by atoms with Crippen molar-refractivity contribution in [3.8, 4) is 0 Å². The monoisotopic (exact) mass is 291 g/mol. The lowest BCUT2D eigenvalue weighted by molar-refractivity contribution is -0.116. The Kier molecular flexibility index (Phi) is 4.01. The van der Waals surface area contributed by atoms with E-state index in [2.05, 4.69) is 27.9 Å². The van der Waals surface area contributed by atoms with Gasteiger partial charge in [-0.25, -0.2) is 0 Å². The van der Waals surface area contributed by atoms with Gasteiger partial charge in [-0.05, 0) is 47.7 Å². The number of carbonyl (C=O) groups is 1. The topological polar surface area (TPSA) is 42.2 Å². The summed E-state index contributed by atoms with van der Waals surface area (Å²) in [6.07, 6.45) is 3.10. The maximum absolute atomic E-state index is 11.0. The summed E-state index contributed by atoms with van der Waals surface area (Å²) in [5, 5.41) is 2.65. The SMILES string of the molecule is CCNC(=O)C=Cc1ccc(I)o1. The zero-order valence-electron chi connectivity index (χ0n) is 7.21. The van der Waals surface area contributed by atoms with Crippen molar-refractivity contribution in [3.05, 3.63) is 27.7 Å². The van der Waals surface area contributed by atoms with E-state index in [-0.39, 0.29) is 5.91 Å². The van der Waals surface area contributed by atoms with Gasteiger partial charge in [-0.2, -0.15) is 0 Å². The molecule has 70 valence electrons. The minimum Gasteiger partial charge on any atom is -0.451 e. The Bertz CT molecular complexity index is 317. The lowest BCUT2D eigenvalue weighted by atomic mass is 10.4. The fourth-order valence-electron chi connectivity index (χ4n) is 0.809. The van der Waals surface area contributed by atoms with E-state index in [1.54, 1.807) is 6.08 Å². The Morgan fingerprint density at radius 1 is 1.69 bits per heavy atom. The number of carbonyl (C=O) groups excluding carboxylic acids is 1. The summed E-state index contributed by atoms with van der Waals surface area (Å²) in [7, 11) is 0. The highest BCUT2D eigenvalue weighted by molar-refractivity contribution is 14.1. The fourth-order valence-corrected chi connectivity index (χ4v) is 1.24. The van der Waals surface area contributed by atoms with Crippen LogP contribution >= 0.6 is 22.6 Å². The first-order valence-electron chi connectivity index (χ1n) is 3.93. The van der Waals surface area contributed by atoms with Gasteiger partial charge in [0.25, 0.3) is 0 Å². The van der Waals surface area contributed by atoms with Crippen LogP contribution in [0, 0.1) is 3.77 Å². The molecule has 4 heteroatoms. The Hall–Kier alpha value is -0.780. The van der Waals surface area contributed by atoms with E-state index in [1.165, 1.54) is 6.08 Å². The number of hydrogen-bond acceptors (Lipinski definition) is 2. The second kappa shape index (κ2) is 5.06. The highest BCUT2D eigenvalue weighted by Gasteiger charge is 1.95. The van der Waals surface area contributed by atoms with Gasteiger partial charge in [0.15, 0.2) is 3.77 Å². The van der Waals surface area contributed by atoms with Crippen molar-refractivity contribution in [1.29, 1.82) is 0 Å². The third-order valence-electron chi connectivity index (χ3n) is 1.34. The molecule has 0 aliphatic carbocycles. The first-order chi connectivity index (χ1) is 6.22. The summed E-state index contributed by atoms with van der Waals surface area (Å²) in [6, 6.07) is 3.66. The van der Waals surface area contributed by atoms with E-state index in [0.717, 1.165) is 3.77 Å². The smallest absolute Gasteiger partial charge is 0.244 e. The zero-order valence-corrected chi connectivity index (χ0v) is 9.37. The molecule has 1 rings (SSSR count). The number of nitrogens with one attached hydrogen (secondary N) is 1. The maximum atomic E-state index is 11.0. The minimum atomic E-state index is -0.103. The molecule has 0 saturated heterocycles. The first kappa shape index (κ1) is 10.3. The Morgan fingerprint density at radius 3 is 3.00 bits per heavy atom. The van der Waals surface area contributed by atoms with Crippen molar-refractivity contribution in [2.75, 3.05) is 6.54 Å². The van der Waals surface area contributed by atoms with Crippen LogP contribution in [-0.4, -0.2) is 12.5 Å².